The number of fused-ring (bicyclic) bond motifs is 3. The van der Waals surface area contributed by atoms with Crippen molar-refractivity contribution >= 4 is 17.5 Å². The molecule has 0 radical (unpaired) electrons. The molecule has 0 unspecified atom stereocenters. The first-order valence-corrected chi connectivity index (χ1v) is 13.4. The molecular weight excluding hydrogens is 482 g/mol. The van der Waals surface area contributed by atoms with E-state index in [1.54, 1.807) is 0 Å². The number of anilines is 1. The van der Waals surface area contributed by atoms with E-state index in [0.717, 1.165) is 28.1 Å². The smallest absolute Gasteiger partial charge is 0.243 e. The van der Waals surface area contributed by atoms with Gasteiger partial charge in [-0.15, -0.1) is 0 Å². The zero-order valence-electron chi connectivity index (χ0n) is 21.4. The van der Waals surface area contributed by atoms with Crippen molar-refractivity contribution in [2.24, 2.45) is 5.92 Å². The summed E-state index contributed by atoms with van der Waals surface area (Å²) >= 11 is 0. The van der Waals surface area contributed by atoms with Crippen molar-refractivity contribution in [3.05, 3.63) is 156 Å². The highest BCUT2D eigenvalue weighted by Crippen LogP contribution is 2.48. The van der Waals surface area contributed by atoms with Crippen LogP contribution in [0.4, 0.5) is 5.69 Å². The Labute approximate surface area is 227 Å². The Morgan fingerprint density at radius 3 is 1.64 bits per heavy atom. The van der Waals surface area contributed by atoms with Crippen LogP contribution in [0.25, 0.3) is 0 Å². The summed E-state index contributed by atoms with van der Waals surface area (Å²) < 4.78 is 2.25. The molecule has 0 spiro atoms. The number of para-hydroxylation sites is 1. The van der Waals surface area contributed by atoms with Gasteiger partial charge in [-0.1, -0.05) is 109 Å². The predicted molar refractivity (Wildman–Crippen MR) is 150 cm³/mol. The predicted octanol–water partition coefficient (Wildman–Crippen LogP) is 5.94. The molecule has 2 atom stereocenters. The third kappa shape index (κ3) is 3.43. The van der Waals surface area contributed by atoms with E-state index in [-0.39, 0.29) is 11.8 Å². The van der Waals surface area contributed by atoms with Gasteiger partial charge in [-0.25, -0.2) is 9.88 Å². The summed E-state index contributed by atoms with van der Waals surface area (Å²) in [5, 5.41) is 0. The van der Waals surface area contributed by atoms with E-state index >= 15 is 0 Å². The molecule has 0 bridgehead atoms. The number of aromatic nitrogens is 2. The number of carbonyl (C=O) groups is 2. The summed E-state index contributed by atoms with van der Waals surface area (Å²) in [4.78, 5) is 33.6. The van der Waals surface area contributed by atoms with Gasteiger partial charge in [0.2, 0.25) is 11.8 Å². The number of hydrogen-bond donors (Lipinski definition) is 0. The highest BCUT2D eigenvalue weighted by molar-refractivity contribution is 6.23. The standard InChI is InChI=1S/C34H27N3O2/c38-32-28-21-22-29-31(30(28)33(39)37(32)27-19-11-4-12-20-27)35-23-36(29)34(24-13-5-1-6-14-24,25-15-7-2-8-16-25)26-17-9-3-10-18-26/h1-20,23,28,30H,21-22H2/t28-,30-/m0/s1. The maximum atomic E-state index is 13.8. The molecule has 0 saturated carbocycles. The summed E-state index contributed by atoms with van der Waals surface area (Å²) in [5.74, 6) is -1.29. The first-order valence-electron chi connectivity index (χ1n) is 13.4. The van der Waals surface area contributed by atoms with Crippen LogP contribution in [0.3, 0.4) is 0 Å². The van der Waals surface area contributed by atoms with Crippen LogP contribution in [0.5, 0.6) is 0 Å². The Hall–Kier alpha value is -4.77. The van der Waals surface area contributed by atoms with E-state index in [0.29, 0.717) is 18.5 Å². The minimum absolute atomic E-state index is 0.128. The highest BCUT2D eigenvalue weighted by Gasteiger charge is 2.53. The number of carbonyl (C=O) groups excluding carboxylic acids is 2. The van der Waals surface area contributed by atoms with Gasteiger partial charge in [0, 0.05) is 5.69 Å². The summed E-state index contributed by atoms with van der Waals surface area (Å²) in [7, 11) is 0. The SMILES string of the molecule is O=C1[C@H]2CCc3c(ncn3C(c3ccccc3)(c3ccccc3)c3ccccc3)[C@H]2C(=O)N1c1ccccc1. The Balaban J connectivity index is 1.45. The van der Waals surface area contributed by atoms with E-state index in [1.807, 2.05) is 54.9 Å². The third-order valence-corrected chi connectivity index (χ3v) is 8.26. The number of rotatable bonds is 5. The molecule has 1 aromatic heterocycles. The lowest BCUT2D eigenvalue weighted by atomic mass is 9.75. The summed E-state index contributed by atoms with van der Waals surface area (Å²) in [6.45, 7) is 0. The minimum Gasteiger partial charge on any atom is -0.316 e. The van der Waals surface area contributed by atoms with Crippen LogP contribution in [0.1, 0.15) is 40.4 Å². The van der Waals surface area contributed by atoms with Crippen molar-refractivity contribution in [3.63, 3.8) is 0 Å². The maximum Gasteiger partial charge on any atom is 0.243 e. The average molecular weight is 510 g/mol. The summed E-state index contributed by atoms with van der Waals surface area (Å²) in [6.07, 6.45) is 3.14. The van der Waals surface area contributed by atoms with Gasteiger partial charge in [0.25, 0.3) is 0 Å². The molecule has 1 aliphatic heterocycles. The van der Waals surface area contributed by atoms with Crippen molar-refractivity contribution in [1.82, 2.24) is 9.55 Å². The molecule has 5 aromatic rings. The third-order valence-electron chi connectivity index (χ3n) is 8.26. The van der Waals surface area contributed by atoms with Crippen molar-refractivity contribution in [3.8, 4) is 0 Å². The fraction of sp³-hybridized carbons (Fsp3) is 0.147. The largest absolute Gasteiger partial charge is 0.316 e. The second kappa shape index (κ2) is 9.21. The lowest BCUT2D eigenvalue weighted by Gasteiger charge is -2.39. The molecule has 190 valence electrons. The molecule has 4 aromatic carbocycles. The molecule has 0 N–H and O–H groups in total. The van der Waals surface area contributed by atoms with Crippen molar-refractivity contribution in [2.45, 2.75) is 24.3 Å². The van der Waals surface area contributed by atoms with E-state index in [9.17, 15) is 9.59 Å². The Bertz CT molecular complexity index is 1550. The molecule has 2 heterocycles. The Morgan fingerprint density at radius 2 is 1.13 bits per heavy atom. The zero-order valence-corrected chi connectivity index (χ0v) is 21.4. The average Bonchev–Trinajstić information content (AvgIpc) is 3.54. The molecule has 7 rings (SSSR count). The van der Waals surface area contributed by atoms with Gasteiger partial charge < -0.3 is 4.57 Å². The van der Waals surface area contributed by atoms with E-state index in [2.05, 4.69) is 77.4 Å². The van der Waals surface area contributed by atoms with Crippen molar-refractivity contribution in [2.75, 3.05) is 4.90 Å². The number of benzene rings is 4. The highest BCUT2D eigenvalue weighted by atomic mass is 16.2. The quantitative estimate of drug-likeness (QED) is 0.218. The molecule has 1 aliphatic carbocycles. The van der Waals surface area contributed by atoms with Crippen LogP contribution in [-0.4, -0.2) is 21.4 Å². The lowest BCUT2D eigenvalue weighted by Crippen LogP contribution is -2.39. The molecule has 2 amide bonds. The topological polar surface area (TPSA) is 55.2 Å². The number of imidazole rings is 1. The molecule has 1 saturated heterocycles. The second-order valence-electron chi connectivity index (χ2n) is 10.2. The van der Waals surface area contributed by atoms with Crippen LogP contribution >= 0.6 is 0 Å². The van der Waals surface area contributed by atoms with Gasteiger partial charge in [-0.3, -0.25) is 9.59 Å². The Kier molecular flexibility index (Phi) is 5.51. The minimum atomic E-state index is -0.706. The molecule has 5 heteroatoms. The maximum absolute atomic E-state index is 13.8. The Morgan fingerprint density at radius 1 is 0.641 bits per heavy atom. The number of imide groups is 1. The van der Waals surface area contributed by atoms with Gasteiger partial charge in [0.15, 0.2) is 0 Å². The summed E-state index contributed by atoms with van der Waals surface area (Å²) in [6, 6.07) is 40.6. The first kappa shape index (κ1) is 23.4. The van der Waals surface area contributed by atoms with E-state index in [4.69, 9.17) is 4.98 Å². The van der Waals surface area contributed by atoms with Crippen LogP contribution in [-0.2, 0) is 21.5 Å². The number of hydrogen-bond acceptors (Lipinski definition) is 3. The van der Waals surface area contributed by atoms with Crippen LogP contribution in [0, 0.1) is 5.92 Å². The molecule has 39 heavy (non-hydrogen) atoms. The van der Waals surface area contributed by atoms with Crippen LogP contribution in [0.15, 0.2) is 128 Å². The van der Waals surface area contributed by atoms with Gasteiger partial charge >= 0.3 is 0 Å². The second-order valence-corrected chi connectivity index (χ2v) is 10.2. The summed E-state index contributed by atoms with van der Waals surface area (Å²) in [5.41, 5.74) is 4.94. The van der Waals surface area contributed by atoms with Crippen LogP contribution < -0.4 is 4.90 Å². The number of nitrogens with zero attached hydrogens (tertiary/aromatic N) is 3. The molecule has 2 aliphatic rings. The van der Waals surface area contributed by atoms with Crippen molar-refractivity contribution in [1.29, 1.82) is 0 Å². The fourth-order valence-electron chi connectivity index (χ4n) is 6.59. The zero-order chi connectivity index (χ0) is 26.4. The van der Waals surface area contributed by atoms with Gasteiger partial charge in [-0.2, -0.15) is 0 Å². The monoisotopic (exact) mass is 509 g/mol. The van der Waals surface area contributed by atoms with Gasteiger partial charge in [-0.05, 0) is 41.7 Å². The first-order chi connectivity index (χ1) is 19.2. The lowest BCUT2D eigenvalue weighted by molar-refractivity contribution is -0.122. The van der Waals surface area contributed by atoms with Crippen LogP contribution in [0.2, 0.25) is 0 Å². The molecular formula is C34H27N3O2. The normalized spacial score (nSPS) is 18.6. The van der Waals surface area contributed by atoms with E-state index in [1.165, 1.54) is 4.90 Å². The van der Waals surface area contributed by atoms with Gasteiger partial charge in [0.05, 0.1) is 29.5 Å². The fourth-order valence-corrected chi connectivity index (χ4v) is 6.59. The number of amides is 2. The van der Waals surface area contributed by atoms with Gasteiger partial charge in [0.1, 0.15) is 5.54 Å². The molecule has 5 nitrogen and oxygen atoms in total. The van der Waals surface area contributed by atoms with E-state index < -0.39 is 17.4 Å². The molecule has 1 fully saturated rings. The van der Waals surface area contributed by atoms with Crippen molar-refractivity contribution < 1.29 is 9.59 Å².